The summed E-state index contributed by atoms with van der Waals surface area (Å²) >= 11 is 0. The lowest BCUT2D eigenvalue weighted by molar-refractivity contribution is 0.488. The van der Waals surface area contributed by atoms with E-state index in [1.165, 1.54) is 33.0 Å². The van der Waals surface area contributed by atoms with Crippen LogP contribution in [0.1, 0.15) is 0 Å². The molecule has 1 aliphatic heterocycles. The van der Waals surface area contributed by atoms with Gasteiger partial charge in [0.05, 0.1) is 0 Å². The lowest BCUT2D eigenvalue weighted by atomic mass is 9.89. The van der Waals surface area contributed by atoms with Crippen LogP contribution < -0.4 is 9.64 Å². The number of anilines is 3. The topological polar surface area (TPSA) is 12.5 Å². The average Bonchev–Trinajstić information content (AvgIpc) is 3.30. The molecule has 0 spiro atoms. The summed E-state index contributed by atoms with van der Waals surface area (Å²) in [6.45, 7) is 0. The Bertz CT molecular complexity index is 2410. The van der Waals surface area contributed by atoms with Crippen molar-refractivity contribution in [3.05, 3.63) is 188 Å². The van der Waals surface area contributed by atoms with Gasteiger partial charge in [-0.1, -0.05) is 140 Å². The van der Waals surface area contributed by atoms with Crippen molar-refractivity contribution in [2.24, 2.45) is 0 Å². The summed E-state index contributed by atoms with van der Waals surface area (Å²) in [6, 6.07) is 66.7. The Balaban J connectivity index is 1.21. The third-order valence-corrected chi connectivity index (χ3v) is 9.26. The van der Waals surface area contributed by atoms with Crippen LogP contribution in [-0.2, 0) is 0 Å². The van der Waals surface area contributed by atoms with Gasteiger partial charge in [-0.2, -0.15) is 0 Å². The van der Waals surface area contributed by atoms with Gasteiger partial charge >= 0.3 is 0 Å². The van der Waals surface area contributed by atoms with Crippen molar-refractivity contribution < 1.29 is 4.74 Å². The molecule has 0 amide bonds. The van der Waals surface area contributed by atoms with Crippen LogP contribution >= 0.6 is 0 Å². The summed E-state index contributed by atoms with van der Waals surface area (Å²) in [7, 11) is 0. The predicted molar refractivity (Wildman–Crippen MR) is 200 cm³/mol. The Morgan fingerprint density at radius 3 is 1.69 bits per heavy atom. The fourth-order valence-corrected chi connectivity index (χ4v) is 6.96. The van der Waals surface area contributed by atoms with E-state index in [1.807, 2.05) is 0 Å². The SMILES string of the molecule is c1ccc(-c2ccc(N(c3ccc4c(c3)Oc3cccc(-c5ccccc5)c3-c3ccccc3-4)c3ccc4ccccc4c3)cc2)cc1. The van der Waals surface area contributed by atoms with Crippen LogP contribution in [-0.4, -0.2) is 0 Å². The van der Waals surface area contributed by atoms with Gasteiger partial charge in [0.2, 0.25) is 0 Å². The van der Waals surface area contributed by atoms with Crippen LogP contribution in [0.5, 0.6) is 11.5 Å². The molecule has 2 heteroatoms. The van der Waals surface area contributed by atoms with E-state index in [0.29, 0.717) is 0 Å². The molecule has 2 nitrogen and oxygen atoms in total. The summed E-state index contributed by atoms with van der Waals surface area (Å²) in [5.41, 5.74) is 12.4. The average molecular weight is 614 g/mol. The molecule has 0 bridgehead atoms. The second kappa shape index (κ2) is 11.8. The van der Waals surface area contributed by atoms with Gasteiger partial charge in [-0.05, 0) is 86.6 Å². The number of ether oxygens (including phenoxy) is 1. The zero-order chi connectivity index (χ0) is 31.9. The maximum Gasteiger partial charge on any atom is 0.137 e. The fraction of sp³-hybridized carbons (Fsp3) is 0. The number of benzene rings is 8. The summed E-state index contributed by atoms with van der Waals surface area (Å²) in [4.78, 5) is 2.32. The van der Waals surface area contributed by atoms with Gasteiger partial charge in [-0.3, -0.25) is 0 Å². The Kier molecular flexibility index (Phi) is 6.84. The van der Waals surface area contributed by atoms with Crippen molar-refractivity contribution in [2.45, 2.75) is 0 Å². The lowest BCUT2D eigenvalue weighted by Gasteiger charge is -2.27. The van der Waals surface area contributed by atoms with Crippen molar-refractivity contribution in [2.75, 3.05) is 4.90 Å². The zero-order valence-electron chi connectivity index (χ0n) is 26.3. The standard InChI is InChI=1S/C46H31NO/c1-3-12-32(13-4-1)34-22-25-37(26-23-34)47(38-27-24-33-14-7-8-17-36(33)30-38)39-28-29-42-41-18-9-10-19-43(41)46-40(35-15-5-2-6-16-35)20-11-21-44(46)48-45(42)31-39/h1-31H. The third-order valence-electron chi connectivity index (χ3n) is 9.26. The third kappa shape index (κ3) is 4.92. The predicted octanol–water partition coefficient (Wildman–Crippen LogP) is 13.1. The minimum Gasteiger partial charge on any atom is -0.456 e. The minimum absolute atomic E-state index is 0.829. The Hall–Kier alpha value is -6.38. The molecule has 0 aliphatic carbocycles. The summed E-state index contributed by atoms with van der Waals surface area (Å²) in [5, 5.41) is 2.41. The summed E-state index contributed by atoms with van der Waals surface area (Å²) < 4.78 is 6.93. The summed E-state index contributed by atoms with van der Waals surface area (Å²) in [5.74, 6) is 1.68. The van der Waals surface area contributed by atoms with Crippen LogP contribution in [0.15, 0.2) is 188 Å². The van der Waals surface area contributed by atoms with Crippen LogP contribution in [0, 0.1) is 0 Å². The number of rotatable bonds is 5. The minimum atomic E-state index is 0.829. The van der Waals surface area contributed by atoms with Gasteiger partial charge in [0.25, 0.3) is 0 Å². The van der Waals surface area contributed by atoms with Crippen molar-refractivity contribution in [3.8, 4) is 56.0 Å². The molecule has 48 heavy (non-hydrogen) atoms. The van der Waals surface area contributed by atoms with Crippen molar-refractivity contribution in [1.82, 2.24) is 0 Å². The molecule has 0 fully saturated rings. The molecule has 226 valence electrons. The Labute approximate surface area is 280 Å². The molecule has 1 heterocycles. The molecule has 0 radical (unpaired) electrons. The molecule has 8 aromatic rings. The second-order valence-electron chi connectivity index (χ2n) is 12.2. The van der Waals surface area contributed by atoms with Gasteiger partial charge in [-0.25, -0.2) is 0 Å². The fourth-order valence-electron chi connectivity index (χ4n) is 6.96. The first-order valence-electron chi connectivity index (χ1n) is 16.3. The van der Waals surface area contributed by atoms with E-state index >= 15 is 0 Å². The highest BCUT2D eigenvalue weighted by molar-refractivity contribution is 5.98. The molecule has 0 saturated heterocycles. The molecule has 8 aromatic carbocycles. The summed E-state index contributed by atoms with van der Waals surface area (Å²) in [6.07, 6.45) is 0. The maximum absolute atomic E-state index is 6.93. The second-order valence-corrected chi connectivity index (χ2v) is 12.2. The normalized spacial score (nSPS) is 11.5. The first-order valence-corrected chi connectivity index (χ1v) is 16.3. The van der Waals surface area contributed by atoms with E-state index in [-0.39, 0.29) is 0 Å². The lowest BCUT2D eigenvalue weighted by Crippen LogP contribution is -2.10. The van der Waals surface area contributed by atoms with Gasteiger partial charge in [0, 0.05) is 34.3 Å². The Morgan fingerprint density at radius 1 is 0.312 bits per heavy atom. The number of hydrogen-bond acceptors (Lipinski definition) is 2. The largest absolute Gasteiger partial charge is 0.456 e. The first-order chi connectivity index (χ1) is 23.8. The molecule has 0 aromatic heterocycles. The maximum atomic E-state index is 6.93. The van der Waals surface area contributed by atoms with Gasteiger partial charge < -0.3 is 9.64 Å². The molecule has 0 atom stereocenters. The highest BCUT2D eigenvalue weighted by atomic mass is 16.5. The zero-order valence-corrected chi connectivity index (χ0v) is 26.3. The van der Waals surface area contributed by atoms with E-state index in [0.717, 1.165) is 50.8 Å². The smallest absolute Gasteiger partial charge is 0.137 e. The molecular formula is C46H31NO. The van der Waals surface area contributed by atoms with Crippen LogP contribution in [0.3, 0.4) is 0 Å². The van der Waals surface area contributed by atoms with Gasteiger partial charge in [0.1, 0.15) is 11.5 Å². The van der Waals surface area contributed by atoms with E-state index in [1.54, 1.807) is 0 Å². The molecule has 0 unspecified atom stereocenters. The molecule has 0 N–H and O–H groups in total. The highest BCUT2D eigenvalue weighted by Gasteiger charge is 2.25. The molecule has 1 aliphatic rings. The number of fused-ring (bicyclic) bond motifs is 6. The van der Waals surface area contributed by atoms with Gasteiger partial charge in [0.15, 0.2) is 0 Å². The molecule has 9 rings (SSSR count). The number of nitrogens with zero attached hydrogens (tertiary/aromatic N) is 1. The highest BCUT2D eigenvalue weighted by Crippen LogP contribution is 2.51. The van der Waals surface area contributed by atoms with Crippen molar-refractivity contribution >= 4 is 27.8 Å². The van der Waals surface area contributed by atoms with Crippen molar-refractivity contribution in [1.29, 1.82) is 0 Å². The first kappa shape index (κ1) is 27.9. The van der Waals surface area contributed by atoms with Gasteiger partial charge in [-0.15, -0.1) is 0 Å². The molecular weight excluding hydrogens is 583 g/mol. The van der Waals surface area contributed by atoms with E-state index in [4.69, 9.17) is 4.74 Å². The van der Waals surface area contributed by atoms with E-state index < -0.39 is 0 Å². The van der Waals surface area contributed by atoms with E-state index in [9.17, 15) is 0 Å². The van der Waals surface area contributed by atoms with Crippen LogP contribution in [0.4, 0.5) is 17.1 Å². The van der Waals surface area contributed by atoms with Crippen LogP contribution in [0.25, 0.3) is 55.3 Å². The van der Waals surface area contributed by atoms with Crippen molar-refractivity contribution in [3.63, 3.8) is 0 Å². The van der Waals surface area contributed by atoms with Crippen LogP contribution in [0.2, 0.25) is 0 Å². The Morgan fingerprint density at radius 2 is 0.896 bits per heavy atom. The van der Waals surface area contributed by atoms with E-state index in [2.05, 4.69) is 193 Å². The molecule has 0 saturated carbocycles. The number of hydrogen-bond donors (Lipinski definition) is 0. The quantitative estimate of drug-likeness (QED) is 0.191. The monoisotopic (exact) mass is 613 g/mol.